The zero-order valence-corrected chi connectivity index (χ0v) is 19.0. The van der Waals surface area contributed by atoms with Crippen LogP contribution in [0, 0.1) is 17.8 Å². The van der Waals surface area contributed by atoms with E-state index in [-0.39, 0.29) is 5.78 Å². The molecule has 2 aliphatic rings. The number of hydrogen-bond acceptors (Lipinski definition) is 5. The minimum Gasteiger partial charge on any atom is -0.426 e. The Kier molecular flexibility index (Phi) is 4.60. The van der Waals surface area contributed by atoms with Crippen LogP contribution in [0.2, 0.25) is 0 Å². The Morgan fingerprint density at radius 1 is 0.969 bits per heavy atom. The molecule has 160 valence electrons. The Morgan fingerprint density at radius 3 is 2.31 bits per heavy atom. The second-order valence-corrected chi connectivity index (χ2v) is 9.32. The number of hydrogen-bond donors (Lipinski definition) is 0. The van der Waals surface area contributed by atoms with Crippen molar-refractivity contribution in [3.05, 3.63) is 94.0 Å². The van der Waals surface area contributed by atoms with Crippen LogP contribution < -0.4 is 9.47 Å². The molecule has 6 heteroatoms. The number of aryl methyl sites for hydroxylation is 1. The van der Waals surface area contributed by atoms with E-state index in [4.69, 9.17) is 9.47 Å². The van der Waals surface area contributed by atoms with E-state index in [1.54, 1.807) is 67.6 Å². The predicted molar refractivity (Wildman–Crippen MR) is 121 cm³/mol. The average molecular weight is 491 g/mol. The van der Waals surface area contributed by atoms with Gasteiger partial charge in [0.25, 0.3) is 0 Å². The van der Waals surface area contributed by atoms with Crippen molar-refractivity contribution in [1.29, 1.82) is 0 Å². The Balaban J connectivity index is 1.62. The third kappa shape index (κ3) is 2.72. The molecule has 1 aliphatic heterocycles. The van der Waals surface area contributed by atoms with Gasteiger partial charge in [-0.05, 0) is 44.2 Å². The Labute approximate surface area is 193 Å². The molecule has 0 unspecified atom stereocenters. The molecule has 1 saturated carbocycles. The fourth-order valence-electron chi connectivity index (χ4n) is 4.90. The van der Waals surface area contributed by atoms with Gasteiger partial charge in [0.1, 0.15) is 11.5 Å². The number of Topliss-reactive ketones (excluding diaryl/α,β-unsaturated/α-hetero) is 1. The molecule has 0 N–H and O–H groups in total. The quantitative estimate of drug-likeness (QED) is 0.216. The fraction of sp³-hybridized carbons (Fsp3) is 0.192. The summed E-state index contributed by atoms with van der Waals surface area (Å²) >= 11 is 3.37. The van der Waals surface area contributed by atoms with Gasteiger partial charge in [-0.3, -0.25) is 14.4 Å². The van der Waals surface area contributed by atoms with Crippen molar-refractivity contribution < 1.29 is 23.9 Å². The third-order valence-corrected chi connectivity index (χ3v) is 7.16. The summed E-state index contributed by atoms with van der Waals surface area (Å²) in [4.78, 5) is 40.6. The van der Waals surface area contributed by atoms with E-state index in [9.17, 15) is 14.4 Å². The normalized spacial score (nSPS) is 25.2. The number of esters is 2. The zero-order valence-electron chi connectivity index (χ0n) is 17.4. The van der Waals surface area contributed by atoms with Crippen LogP contribution in [0.1, 0.15) is 34.3 Å². The topological polar surface area (TPSA) is 69.7 Å². The average Bonchev–Trinajstić information content (AvgIpc) is 3.39. The molecule has 32 heavy (non-hydrogen) atoms. The van der Waals surface area contributed by atoms with Gasteiger partial charge in [0.2, 0.25) is 0 Å². The minimum absolute atomic E-state index is 0.301. The zero-order chi connectivity index (χ0) is 22.7. The van der Waals surface area contributed by atoms with Crippen molar-refractivity contribution in [2.45, 2.75) is 19.8 Å². The molecule has 5 rings (SSSR count). The lowest BCUT2D eigenvalue weighted by atomic mass is 9.87. The van der Waals surface area contributed by atoms with Gasteiger partial charge in [-0.25, -0.2) is 0 Å². The van der Waals surface area contributed by atoms with Crippen LogP contribution in [0.4, 0.5) is 0 Å². The molecule has 3 aromatic rings. The Bertz CT molecular complexity index is 1260. The third-order valence-electron chi connectivity index (χ3n) is 6.63. The molecule has 0 aromatic heterocycles. The maximum Gasteiger partial charge on any atom is 0.330 e. The highest BCUT2D eigenvalue weighted by Gasteiger charge is 2.89. The molecule has 1 heterocycles. The maximum absolute atomic E-state index is 13.7. The number of carbonyl (C=O) groups excluding carboxylic acids is 3. The standard InChI is InChI=1S/C26H19BrO5/c1-15-7-13-18(14-8-15)31-23(29)26-21(19-5-3-4-6-20(19)32-24(26)30)25(26,2)22(28)16-9-11-17(27)12-10-16/h3-14,21H,1-2H3/t21-,25-,26+/m0/s1. The number of carbonyl (C=O) groups is 3. The molecule has 3 aromatic carbocycles. The number of benzene rings is 3. The van der Waals surface area contributed by atoms with E-state index in [1.165, 1.54) is 0 Å². The first kappa shape index (κ1) is 20.6. The number of para-hydroxylation sites is 1. The summed E-state index contributed by atoms with van der Waals surface area (Å²) in [6.45, 7) is 3.58. The van der Waals surface area contributed by atoms with Crippen molar-refractivity contribution in [3.8, 4) is 11.5 Å². The summed E-state index contributed by atoms with van der Waals surface area (Å²) in [5.74, 6) is -1.84. The molecular weight excluding hydrogens is 472 g/mol. The Morgan fingerprint density at radius 2 is 1.62 bits per heavy atom. The van der Waals surface area contributed by atoms with Crippen molar-refractivity contribution >= 4 is 33.7 Å². The van der Waals surface area contributed by atoms with Crippen LogP contribution in [-0.2, 0) is 9.59 Å². The van der Waals surface area contributed by atoms with Crippen LogP contribution in [-0.4, -0.2) is 17.7 Å². The molecule has 1 fully saturated rings. The number of ketones is 1. The van der Waals surface area contributed by atoms with E-state index in [2.05, 4.69) is 15.9 Å². The summed E-state index contributed by atoms with van der Waals surface area (Å²) in [5.41, 5.74) is -1.02. The van der Waals surface area contributed by atoms with Gasteiger partial charge in [0, 0.05) is 21.5 Å². The summed E-state index contributed by atoms with van der Waals surface area (Å²) in [6, 6.07) is 20.8. The highest BCUT2D eigenvalue weighted by molar-refractivity contribution is 9.10. The molecule has 0 bridgehead atoms. The largest absolute Gasteiger partial charge is 0.426 e. The van der Waals surface area contributed by atoms with Crippen molar-refractivity contribution in [3.63, 3.8) is 0 Å². The van der Waals surface area contributed by atoms with Gasteiger partial charge in [-0.1, -0.05) is 64.0 Å². The van der Waals surface area contributed by atoms with Crippen molar-refractivity contribution in [2.24, 2.45) is 10.8 Å². The second-order valence-electron chi connectivity index (χ2n) is 8.41. The lowest BCUT2D eigenvalue weighted by molar-refractivity contribution is -0.156. The number of fused-ring (bicyclic) bond motifs is 3. The molecule has 5 nitrogen and oxygen atoms in total. The minimum atomic E-state index is -1.75. The maximum atomic E-state index is 13.7. The lowest BCUT2D eigenvalue weighted by Gasteiger charge is -2.22. The predicted octanol–water partition coefficient (Wildman–Crippen LogP) is 5.25. The smallest absolute Gasteiger partial charge is 0.330 e. The first-order valence-electron chi connectivity index (χ1n) is 10.2. The summed E-state index contributed by atoms with van der Waals surface area (Å²) in [6.07, 6.45) is 0. The number of rotatable bonds is 4. The lowest BCUT2D eigenvalue weighted by Crippen LogP contribution is -2.41. The number of halogens is 1. The van der Waals surface area contributed by atoms with Crippen molar-refractivity contribution in [2.75, 3.05) is 0 Å². The fourth-order valence-corrected chi connectivity index (χ4v) is 5.17. The van der Waals surface area contributed by atoms with Crippen molar-refractivity contribution in [1.82, 2.24) is 0 Å². The molecule has 3 atom stereocenters. The van der Waals surface area contributed by atoms with Gasteiger partial charge in [-0.2, -0.15) is 0 Å². The van der Waals surface area contributed by atoms with E-state index in [1.807, 2.05) is 19.1 Å². The van der Waals surface area contributed by atoms with Crippen LogP contribution in [0.15, 0.2) is 77.3 Å². The van der Waals surface area contributed by atoms with Crippen LogP contribution in [0.5, 0.6) is 11.5 Å². The summed E-state index contributed by atoms with van der Waals surface area (Å²) < 4.78 is 12.0. The summed E-state index contributed by atoms with van der Waals surface area (Å²) in [5, 5.41) is 0. The first-order valence-corrected chi connectivity index (χ1v) is 11.0. The van der Waals surface area contributed by atoms with E-state index < -0.39 is 28.7 Å². The summed E-state index contributed by atoms with van der Waals surface area (Å²) in [7, 11) is 0. The van der Waals surface area contributed by atoms with Gasteiger partial charge >= 0.3 is 11.9 Å². The molecule has 0 amide bonds. The number of ether oxygens (including phenoxy) is 2. The van der Waals surface area contributed by atoms with Gasteiger partial charge < -0.3 is 9.47 Å². The van der Waals surface area contributed by atoms with Crippen LogP contribution in [0.3, 0.4) is 0 Å². The molecule has 0 spiro atoms. The first-order chi connectivity index (χ1) is 15.3. The molecule has 0 saturated heterocycles. The second kappa shape index (κ2) is 7.14. The van der Waals surface area contributed by atoms with Crippen LogP contribution >= 0.6 is 15.9 Å². The van der Waals surface area contributed by atoms with E-state index in [0.29, 0.717) is 22.6 Å². The molecular formula is C26H19BrO5. The molecule has 1 aliphatic carbocycles. The highest BCUT2D eigenvalue weighted by Crippen LogP contribution is 2.78. The van der Waals surface area contributed by atoms with E-state index >= 15 is 0 Å². The van der Waals surface area contributed by atoms with E-state index in [0.717, 1.165) is 10.0 Å². The van der Waals surface area contributed by atoms with Gasteiger partial charge in [-0.15, -0.1) is 0 Å². The molecule has 0 radical (unpaired) electrons. The van der Waals surface area contributed by atoms with Crippen LogP contribution in [0.25, 0.3) is 0 Å². The highest BCUT2D eigenvalue weighted by atomic mass is 79.9. The monoisotopic (exact) mass is 490 g/mol. The van der Waals surface area contributed by atoms with Gasteiger partial charge in [0.15, 0.2) is 11.2 Å². The van der Waals surface area contributed by atoms with Gasteiger partial charge in [0.05, 0.1) is 5.41 Å². The Hall–Kier alpha value is -3.25. The SMILES string of the molecule is Cc1ccc(OC(=O)[C@@]23C(=O)Oc4ccccc4[C@H]2[C@@]3(C)C(=O)c2ccc(Br)cc2)cc1.